The van der Waals surface area contributed by atoms with Crippen LogP contribution in [0.4, 0.5) is 17.5 Å². The summed E-state index contributed by atoms with van der Waals surface area (Å²) in [6.07, 6.45) is 2.89. The van der Waals surface area contributed by atoms with E-state index in [-0.39, 0.29) is 17.5 Å². The van der Waals surface area contributed by atoms with Gasteiger partial charge in [0.15, 0.2) is 0 Å². The van der Waals surface area contributed by atoms with Crippen LogP contribution in [0.1, 0.15) is 24.9 Å². The molecule has 1 unspecified atom stereocenters. The molecule has 2 heterocycles. The Kier molecular flexibility index (Phi) is 4.41. The van der Waals surface area contributed by atoms with E-state index in [1.54, 1.807) is 6.20 Å². The van der Waals surface area contributed by atoms with Crippen molar-refractivity contribution in [2.75, 3.05) is 17.2 Å². The van der Waals surface area contributed by atoms with Gasteiger partial charge in [0, 0.05) is 18.1 Å². The lowest BCUT2D eigenvalue weighted by Crippen LogP contribution is -2.12. The summed E-state index contributed by atoms with van der Waals surface area (Å²) in [6.45, 7) is 4.41. The quantitative estimate of drug-likeness (QED) is 0.622. The fourth-order valence-corrected chi connectivity index (χ4v) is 2.22. The highest BCUT2D eigenvalue weighted by Crippen LogP contribution is 2.27. The summed E-state index contributed by atoms with van der Waals surface area (Å²) >= 11 is 1.48. The molecule has 0 saturated heterocycles. The van der Waals surface area contributed by atoms with Crippen LogP contribution in [0.5, 0.6) is 0 Å². The van der Waals surface area contributed by atoms with Crippen molar-refractivity contribution in [3.8, 4) is 0 Å². The molecule has 20 heavy (non-hydrogen) atoms. The fraction of sp³-hybridized carbons (Fsp3) is 0.364. The molecule has 9 heteroatoms. The zero-order valence-corrected chi connectivity index (χ0v) is 11.8. The van der Waals surface area contributed by atoms with Gasteiger partial charge in [-0.05, 0) is 13.8 Å². The molecule has 2 aromatic rings. The van der Waals surface area contributed by atoms with Gasteiger partial charge in [-0.15, -0.1) is 11.3 Å². The number of nitrogens with one attached hydrogen (secondary N) is 2. The van der Waals surface area contributed by atoms with Crippen LogP contribution >= 0.6 is 11.3 Å². The fourth-order valence-electron chi connectivity index (χ4n) is 1.57. The van der Waals surface area contributed by atoms with E-state index >= 15 is 0 Å². The third-order valence-electron chi connectivity index (χ3n) is 2.48. The predicted molar refractivity (Wildman–Crippen MR) is 77.0 cm³/mol. The monoisotopic (exact) mass is 294 g/mol. The lowest BCUT2D eigenvalue weighted by atomic mass is 10.3. The molecule has 0 amide bonds. The lowest BCUT2D eigenvalue weighted by molar-refractivity contribution is -0.384. The predicted octanol–water partition coefficient (Wildman–Crippen LogP) is 2.45. The maximum absolute atomic E-state index is 11.0. The third-order valence-corrected chi connectivity index (χ3v) is 3.43. The summed E-state index contributed by atoms with van der Waals surface area (Å²) in [7, 11) is 0. The highest BCUT2D eigenvalue weighted by Gasteiger charge is 2.20. The second-order valence-electron chi connectivity index (χ2n) is 3.95. The number of hydrogen-bond donors (Lipinski definition) is 2. The maximum atomic E-state index is 11.0. The molecule has 0 aromatic carbocycles. The largest absolute Gasteiger partial charge is 0.355 e. The number of hydrogen-bond acceptors (Lipinski definition) is 8. The van der Waals surface area contributed by atoms with Crippen molar-refractivity contribution in [1.29, 1.82) is 0 Å². The summed E-state index contributed by atoms with van der Waals surface area (Å²) in [5.41, 5.74) is -0.157. The molecule has 2 aromatic heterocycles. The molecule has 2 rings (SSSR count). The number of anilines is 2. The van der Waals surface area contributed by atoms with Gasteiger partial charge in [0.2, 0.25) is 11.8 Å². The van der Waals surface area contributed by atoms with E-state index in [1.807, 2.05) is 19.2 Å². The molecule has 0 aliphatic rings. The van der Waals surface area contributed by atoms with E-state index < -0.39 is 4.92 Å². The molecule has 0 saturated carbocycles. The molecular weight excluding hydrogens is 280 g/mol. The zero-order valence-electron chi connectivity index (χ0n) is 11.0. The first-order valence-corrected chi connectivity index (χ1v) is 6.91. The van der Waals surface area contributed by atoms with E-state index in [4.69, 9.17) is 0 Å². The molecule has 0 radical (unpaired) electrons. The van der Waals surface area contributed by atoms with Gasteiger partial charge in [0.1, 0.15) is 11.2 Å². The molecule has 1 atom stereocenters. The first kappa shape index (κ1) is 14.1. The summed E-state index contributed by atoms with van der Waals surface area (Å²) in [5.74, 6) is 0.538. The van der Waals surface area contributed by atoms with Crippen LogP contribution in [-0.2, 0) is 0 Å². The molecule has 0 fully saturated rings. The number of aromatic nitrogens is 3. The van der Waals surface area contributed by atoms with Gasteiger partial charge in [-0.25, -0.2) is 9.97 Å². The minimum atomic E-state index is -0.507. The standard InChI is InChI=1S/C11H14N6O2S/c1-3-12-11-14-6-8(17(18)19)9(16-11)15-7(2)10-13-4-5-20-10/h4-7H,3H2,1-2H3,(H2,12,14,15,16). The Morgan fingerprint density at radius 2 is 2.30 bits per heavy atom. The van der Waals surface area contributed by atoms with Crippen LogP contribution in [-0.4, -0.2) is 26.4 Å². The number of nitrogens with zero attached hydrogens (tertiary/aromatic N) is 4. The van der Waals surface area contributed by atoms with Crippen LogP contribution in [0.15, 0.2) is 17.8 Å². The molecular formula is C11H14N6O2S. The van der Waals surface area contributed by atoms with Gasteiger partial charge in [-0.1, -0.05) is 0 Å². The van der Waals surface area contributed by atoms with E-state index in [2.05, 4.69) is 25.6 Å². The third kappa shape index (κ3) is 3.18. The normalized spacial score (nSPS) is 11.9. The Morgan fingerprint density at radius 1 is 1.50 bits per heavy atom. The van der Waals surface area contributed by atoms with Crippen LogP contribution in [0.3, 0.4) is 0 Å². The number of nitro groups is 1. The van der Waals surface area contributed by atoms with Gasteiger partial charge in [-0.2, -0.15) is 4.98 Å². The zero-order chi connectivity index (χ0) is 14.5. The molecule has 0 bridgehead atoms. The molecule has 0 spiro atoms. The van der Waals surface area contributed by atoms with Crippen LogP contribution in [0.25, 0.3) is 0 Å². The second-order valence-corrected chi connectivity index (χ2v) is 4.88. The Labute approximate surface area is 119 Å². The van der Waals surface area contributed by atoms with Crippen molar-refractivity contribution in [1.82, 2.24) is 15.0 Å². The van der Waals surface area contributed by atoms with Crippen LogP contribution in [0, 0.1) is 10.1 Å². The summed E-state index contributed by atoms with van der Waals surface area (Å²) in [4.78, 5) is 22.7. The van der Waals surface area contributed by atoms with Crippen LogP contribution < -0.4 is 10.6 Å². The average molecular weight is 294 g/mol. The van der Waals surface area contributed by atoms with E-state index in [9.17, 15) is 10.1 Å². The van der Waals surface area contributed by atoms with Crippen molar-refractivity contribution < 1.29 is 4.92 Å². The second kappa shape index (κ2) is 6.24. The van der Waals surface area contributed by atoms with Crippen molar-refractivity contribution >= 4 is 28.8 Å². The molecule has 0 aliphatic heterocycles. The average Bonchev–Trinajstić information content (AvgIpc) is 2.93. The Bertz CT molecular complexity index is 589. The first-order valence-electron chi connectivity index (χ1n) is 6.03. The summed E-state index contributed by atoms with van der Waals surface area (Å²) < 4.78 is 0. The SMILES string of the molecule is CCNc1ncc([N+](=O)[O-])c(NC(C)c2nccs2)n1. The van der Waals surface area contributed by atoms with Gasteiger partial charge < -0.3 is 10.6 Å². The van der Waals surface area contributed by atoms with Crippen LogP contribution in [0.2, 0.25) is 0 Å². The van der Waals surface area contributed by atoms with E-state index in [1.165, 1.54) is 17.5 Å². The van der Waals surface area contributed by atoms with Crippen molar-refractivity contribution in [3.05, 3.63) is 32.9 Å². The Hall–Kier alpha value is -2.29. The van der Waals surface area contributed by atoms with Crippen molar-refractivity contribution in [3.63, 3.8) is 0 Å². The minimum Gasteiger partial charge on any atom is -0.355 e. The van der Waals surface area contributed by atoms with Crippen molar-refractivity contribution in [2.45, 2.75) is 19.9 Å². The molecule has 8 nitrogen and oxygen atoms in total. The molecule has 2 N–H and O–H groups in total. The minimum absolute atomic E-state index is 0.157. The van der Waals surface area contributed by atoms with E-state index in [0.29, 0.717) is 12.5 Å². The highest BCUT2D eigenvalue weighted by molar-refractivity contribution is 7.09. The Balaban J connectivity index is 2.27. The smallest absolute Gasteiger partial charge is 0.329 e. The van der Waals surface area contributed by atoms with Gasteiger partial charge in [0.05, 0.1) is 11.0 Å². The maximum Gasteiger partial charge on any atom is 0.329 e. The lowest BCUT2D eigenvalue weighted by Gasteiger charge is -2.12. The first-order chi connectivity index (χ1) is 9.61. The van der Waals surface area contributed by atoms with Gasteiger partial charge in [0.25, 0.3) is 0 Å². The molecule has 106 valence electrons. The summed E-state index contributed by atoms with van der Waals surface area (Å²) in [6, 6.07) is -0.168. The van der Waals surface area contributed by atoms with E-state index in [0.717, 1.165) is 5.01 Å². The number of rotatable bonds is 6. The van der Waals surface area contributed by atoms with Crippen molar-refractivity contribution in [2.24, 2.45) is 0 Å². The topological polar surface area (TPSA) is 106 Å². The Morgan fingerprint density at radius 3 is 2.90 bits per heavy atom. The molecule has 0 aliphatic carbocycles. The van der Waals surface area contributed by atoms with Gasteiger partial charge in [-0.3, -0.25) is 10.1 Å². The number of thiazole rings is 1. The summed E-state index contributed by atoms with van der Waals surface area (Å²) in [5, 5.41) is 19.6. The highest BCUT2D eigenvalue weighted by atomic mass is 32.1. The van der Waals surface area contributed by atoms with Gasteiger partial charge >= 0.3 is 5.69 Å².